The van der Waals surface area contributed by atoms with Gasteiger partial charge in [0.1, 0.15) is 0 Å². The van der Waals surface area contributed by atoms with E-state index in [-0.39, 0.29) is 0 Å². The number of nitrogens with zero attached hydrogens (tertiary/aromatic N) is 2. The van der Waals surface area contributed by atoms with Crippen LogP contribution < -0.4 is 0 Å². The highest BCUT2D eigenvalue weighted by atomic mass is 79.9. The van der Waals surface area contributed by atoms with Crippen molar-refractivity contribution < 1.29 is 5.11 Å². The lowest BCUT2D eigenvalue weighted by atomic mass is 9.99. The minimum absolute atomic E-state index is 0.433. The molecule has 1 atom stereocenters. The number of hydrogen-bond donors (Lipinski definition) is 1. The van der Waals surface area contributed by atoms with Crippen LogP contribution in [0.15, 0.2) is 34.9 Å². The number of rotatable bonds is 4. The molecule has 4 heteroatoms. The Hall–Kier alpha value is -1.13. The summed E-state index contributed by atoms with van der Waals surface area (Å²) in [6.45, 7) is 2.02. The molecule has 0 spiro atoms. The highest BCUT2D eigenvalue weighted by Gasteiger charge is 2.12. The molecule has 2 aromatic rings. The van der Waals surface area contributed by atoms with Gasteiger partial charge in [-0.1, -0.05) is 22.0 Å². The van der Waals surface area contributed by atoms with Gasteiger partial charge in [0.05, 0.1) is 6.10 Å². The van der Waals surface area contributed by atoms with Crippen molar-refractivity contribution in [3.8, 4) is 0 Å². The van der Waals surface area contributed by atoms with Crippen molar-refractivity contribution in [1.82, 2.24) is 9.78 Å². The van der Waals surface area contributed by atoms with Gasteiger partial charge < -0.3 is 5.11 Å². The van der Waals surface area contributed by atoms with Crippen LogP contribution in [0.1, 0.15) is 29.3 Å². The number of benzene rings is 1. The second kappa shape index (κ2) is 5.67. The van der Waals surface area contributed by atoms with Gasteiger partial charge >= 0.3 is 0 Å². The van der Waals surface area contributed by atoms with Gasteiger partial charge in [0.15, 0.2) is 0 Å². The summed E-state index contributed by atoms with van der Waals surface area (Å²) < 4.78 is 2.85. The van der Waals surface area contributed by atoms with Gasteiger partial charge in [0.2, 0.25) is 0 Å². The molecular weight excluding hydrogens is 292 g/mol. The van der Waals surface area contributed by atoms with Crippen molar-refractivity contribution in [1.29, 1.82) is 0 Å². The molecule has 0 aliphatic heterocycles. The molecular formula is C14H17BrN2O. The standard InChI is InChI=1S/C14H17BrN2O/c1-10-3-4-11(15)9-13(10)14(18)6-5-12-7-8-16-17(12)2/h3-4,7-9,14,18H,5-6H2,1-2H3. The Balaban J connectivity index is 2.06. The third-order valence-electron chi connectivity index (χ3n) is 3.20. The van der Waals surface area contributed by atoms with Gasteiger partial charge in [-0.25, -0.2) is 0 Å². The third kappa shape index (κ3) is 3.00. The fourth-order valence-corrected chi connectivity index (χ4v) is 2.44. The molecule has 2 rings (SSSR count). The van der Waals surface area contributed by atoms with E-state index in [1.165, 1.54) is 0 Å². The van der Waals surface area contributed by atoms with Crippen LogP contribution in [0.3, 0.4) is 0 Å². The molecule has 1 aromatic carbocycles. The quantitative estimate of drug-likeness (QED) is 0.942. The van der Waals surface area contributed by atoms with Crippen LogP contribution >= 0.6 is 15.9 Å². The second-order valence-corrected chi connectivity index (χ2v) is 5.42. The summed E-state index contributed by atoms with van der Waals surface area (Å²) in [6.07, 6.45) is 2.88. The molecule has 3 nitrogen and oxygen atoms in total. The average Bonchev–Trinajstić information content (AvgIpc) is 2.75. The molecule has 0 amide bonds. The van der Waals surface area contributed by atoms with Crippen molar-refractivity contribution in [3.63, 3.8) is 0 Å². The van der Waals surface area contributed by atoms with Crippen molar-refractivity contribution in [3.05, 3.63) is 51.8 Å². The molecule has 18 heavy (non-hydrogen) atoms. The minimum Gasteiger partial charge on any atom is -0.388 e. The van der Waals surface area contributed by atoms with Crippen molar-refractivity contribution in [2.75, 3.05) is 0 Å². The Labute approximate surface area is 116 Å². The first-order valence-electron chi connectivity index (χ1n) is 5.99. The number of aliphatic hydroxyl groups excluding tert-OH is 1. The molecule has 1 N–H and O–H groups in total. The lowest BCUT2D eigenvalue weighted by molar-refractivity contribution is 0.166. The largest absolute Gasteiger partial charge is 0.388 e. The van der Waals surface area contributed by atoms with Crippen LogP contribution in [0, 0.1) is 6.92 Å². The van der Waals surface area contributed by atoms with E-state index in [1.807, 2.05) is 42.9 Å². The van der Waals surface area contributed by atoms with E-state index in [0.717, 1.165) is 27.7 Å². The van der Waals surface area contributed by atoms with E-state index in [0.29, 0.717) is 6.42 Å². The summed E-state index contributed by atoms with van der Waals surface area (Å²) in [5.41, 5.74) is 3.25. The van der Waals surface area contributed by atoms with E-state index >= 15 is 0 Å². The summed E-state index contributed by atoms with van der Waals surface area (Å²) in [6, 6.07) is 7.99. The first kappa shape index (κ1) is 13.3. The maximum absolute atomic E-state index is 10.3. The molecule has 0 saturated heterocycles. The molecule has 0 fully saturated rings. The predicted octanol–water partition coefficient (Wildman–Crippen LogP) is 3.16. The normalized spacial score (nSPS) is 12.7. The highest BCUT2D eigenvalue weighted by Crippen LogP contribution is 2.25. The number of hydrogen-bond acceptors (Lipinski definition) is 2. The van der Waals surface area contributed by atoms with E-state index in [4.69, 9.17) is 0 Å². The topological polar surface area (TPSA) is 38.1 Å². The van der Waals surface area contributed by atoms with Crippen molar-refractivity contribution in [2.24, 2.45) is 7.05 Å². The molecule has 1 aromatic heterocycles. The Kier molecular flexibility index (Phi) is 4.19. The lowest BCUT2D eigenvalue weighted by Crippen LogP contribution is -2.05. The predicted molar refractivity (Wildman–Crippen MR) is 75.4 cm³/mol. The van der Waals surface area contributed by atoms with Crippen LogP contribution in [0.2, 0.25) is 0 Å². The van der Waals surface area contributed by atoms with Crippen molar-refractivity contribution in [2.45, 2.75) is 25.9 Å². The summed E-state index contributed by atoms with van der Waals surface area (Å²) in [5, 5.41) is 14.4. The summed E-state index contributed by atoms with van der Waals surface area (Å²) >= 11 is 3.44. The minimum atomic E-state index is -0.433. The van der Waals surface area contributed by atoms with Crippen LogP contribution in [-0.2, 0) is 13.5 Å². The van der Waals surface area contributed by atoms with Gasteiger partial charge in [0.25, 0.3) is 0 Å². The maximum Gasteiger partial charge on any atom is 0.0796 e. The molecule has 0 radical (unpaired) electrons. The summed E-state index contributed by atoms with van der Waals surface area (Å²) in [7, 11) is 1.92. The third-order valence-corrected chi connectivity index (χ3v) is 3.69. The van der Waals surface area contributed by atoms with Crippen LogP contribution in [0.5, 0.6) is 0 Å². The first-order chi connectivity index (χ1) is 8.58. The van der Waals surface area contributed by atoms with Crippen LogP contribution in [0.4, 0.5) is 0 Å². The number of aliphatic hydroxyl groups is 1. The summed E-state index contributed by atoms with van der Waals surface area (Å²) in [5.74, 6) is 0. The summed E-state index contributed by atoms with van der Waals surface area (Å²) in [4.78, 5) is 0. The SMILES string of the molecule is Cc1ccc(Br)cc1C(O)CCc1ccnn1C. The fourth-order valence-electron chi connectivity index (χ4n) is 2.06. The zero-order valence-corrected chi connectivity index (χ0v) is 12.2. The molecule has 1 heterocycles. The smallest absolute Gasteiger partial charge is 0.0796 e. The molecule has 96 valence electrons. The van der Waals surface area contributed by atoms with Gasteiger partial charge in [-0.05, 0) is 49.1 Å². The Morgan fingerprint density at radius 3 is 2.83 bits per heavy atom. The second-order valence-electron chi connectivity index (χ2n) is 4.50. The fraction of sp³-hybridized carbons (Fsp3) is 0.357. The van der Waals surface area contributed by atoms with E-state index < -0.39 is 6.10 Å². The molecule has 0 bridgehead atoms. The molecule has 0 saturated carbocycles. The maximum atomic E-state index is 10.3. The highest BCUT2D eigenvalue weighted by molar-refractivity contribution is 9.10. The van der Waals surface area contributed by atoms with E-state index in [1.54, 1.807) is 6.20 Å². The number of halogens is 1. The molecule has 0 aliphatic rings. The van der Waals surface area contributed by atoms with E-state index in [2.05, 4.69) is 21.0 Å². The van der Waals surface area contributed by atoms with Gasteiger partial charge in [-0.2, -0.15) is 5.10 Å². The van der Waals surface area contributed by atoms with E-state index in [9.17, 15) is 5.11 Å². The number of aromatic nitrogens is 2. The molecule has 0 aliphatic carbocycles. The molecule has 1 unspecified atom stereocenters. The average molecular weight is 309 g/mol. The van der Waals surface area contributed by atoms with Crippen LogP contribution in [-0.4, -0.2) is 14.9 Å². The monoisotopic (exact) mass is 308 g/mol. The Morgan fingerprint density at radius 1 is 1.39 bits per heavy atom. The van der Waals surface area contributed by atoms with Crippen LogP contribution in [0.25, 0.3) is 0 Å². The van der Waals surface area contributed by atoms with Gasteiger partial charge in [0, 0.05) is 23.4 Å². The Bertz CT molecular complexity index is 536. The zero-order chi connectivity index (χ0) is 13.1. The lowest BCUT2D eigenvalue weighted by Gasteiger charge is -2.14. The number of aryl methyl sites for hydroxylation is 3. The zero-order valence-electron chi connectivity index (χ0n) is 10.6. The van der Waals surface area contributed by atoms with Gasteiger partial charge in [-0.3, -0.25) is 4.68 Å². The first-order valence-corrected chi connectivity index (χ1v) is 6.78. The van der Waals surface area contributed by atoms with Crippen molar-refractivity contribution >= 4 is 15.9 Å². The Morgan fingerprint density at radius 2 is 2.17 bits per heavy atom. The van der Waals surface area contributed by atoms with Gasteiger partial charge in [-0.15, -0.1) is 0 Å².